The van der Waals surface area contributed by atoms with Crippen LogP contribution in [0, 0.1) is 11.6 Å². The molecule has 0 spiro atoms. The lowest BCUT2D eigenvalue weighted by Gasteiger charge is -2.32. The number of fused-ring (bicyclic) bond motifs is 2. The van der Waals surface area contributed by atoms with Gasteiger partial charge >= 0.3 is 0 Å². The minimum atomic E-state index is -0.978. The summed E-state index contributed by atoms with van der Waals surface area (Å²) in [4.78, 5) is 65.1. The Morgan fingerprint density at radius 1 is 0.790 bits per heavy atom. The lowest BCUT2D eigenvalue weighted by atomic mass is 10.0. The highest BCUT2D eigenvalue weighted by molar-refractivity contribution is 6.23. The number of carbonyl (C=O) groups excluding carboxylic acids is 4. The third-order valence-electron chi connectivity index (χ3n) is 12.5. The SMILES string of the molecule is O=C1CCC(N2C(=O)c3ccc(NCCCCCCN4CCC(n5cc(-c6cnc7cccc(-c8cc(F)c(CN9CCOCC9)c(F)c8)c7n6)cn5)CC4)cc3C2=O)C(=O)N1. The number of carbonyl (C=O) groups is 4. The molecule has 322 valence electrons. The maximum Gasteiger partial charge on any atom is 0.262 e. The largest absolute Gasteiger partial charge is 0.385 e. The van der Waals surface area contributed by atoms with E-state index in [1.807, 2.05) is 40.2 Å². The van der Waals surface area contributed by atoms with Gasteiger partial charge in [-0.3, -0.25) is 44.0 Å². The number of aromatic nitrogens is 4. The van der Waals surface area contributed by atoms with Crippen molar-refractivity contribution in [3.05, 3.63) is 95.4 Å². The quantitative estimate of drug-likeness (QED) is 0.100. The summed E-state index contributed by atoms with van der Waals surface area (Å²) in [5.41, 5.74) is 5.05. The summed E-state index contributed by atoms with van der Waals surface area (Å²) >= 11 is 0. The van der Waals surface area contributed by atoms with Gasteiger partial charge in [0.2, 0.25) is 11.8 Å². The number of unbranched alkanes of at least 4 members (excludes halogenated alkanes) is 3. The van der Waals surface area contributed by atoms with Crippen LogP contribution in [0.3, 0.4) is 0 Å². The second-order valence-corrected chi connectivity index (χ2v) is 16.6. The van der Waals surface area contributed by atoms with Crippen LogP contribution in [0.15, 0.2) is 67.1 Å². The number of benzene rings is 3. The summed E-state index contributed by atoms with van der Waals surface area (Å²) in [7, 11) is 0. The Hall–Kier alpha value is -5.97. The van der Waals surface area contributed by atoms with Gasteiger partial charge < -0.3 is 15.0 Å². The Kier molecular flexibility index (Phi) is 12.1. The van der Waals surface area contributed by atoms with Crippen LogP contribution in [-0.4, -0.2) is 117 Å². The van der Waals surface area contributed by atoms with E-state index in [0.29, 0.717) is 54.2 Å². The number of amides is 4. The van der Waals surface area contributed by atoms with Gasteiger partial charge in [0, 0.05) is 74.3 Å². The molecule has 6 heterocycles. The van der Waals surface area contributed by atoms with Crippen LogP contribution in [0.25, 0.3) is 33.4 Å². The van der Waals surface area contributed by atoms with Gasteiger partial charge in [0.15, 0.2) is 0 Å². The number of hydrogen-bond donors (Lipinski definition) is 2. The number of ether oxygens (including phenoxy) is 1. The Morgan fingerprint density at radius 2 is 1.56 bits per heavy atom. The molecule has 5 aromatic rings. The Bertz CT molecular complexity index is 2490. The van der Waals surface area contributed by atoms with E-state index >= 15 is 8.78 Å². The van der Waals surface area contributed by atoms with Crippen molar-refractivity contribution in [2.75, 3.05) is 57.8 Å². The normalized spacial score (nSPS) is 19.1. The second-order valence-electron chi connectivity index (χ2n) is 16.6. The van der Waals surface area contributed by atoms with Crippen LogP contribution in [-0.2, 0) is 20.9 Å². The molecule has 4 amide bonds. The summed E-state index contributed by atoms with van der Waals surface area (Å²) in [5, 5.41) is 10.3. The zero-order chi connectivity index (χ0) is 42.7. The minimum absolute atomic E-state index is 0.0574. The summed E-state index contributed by atoms with van der Waals surface area (Å²) in [6.45, 7) is 6.31. The minimum Gasteiger partial charge on any atom is -0.385 e. The fraction of sp³-hybridized carbons (Fsp3) is 0.413. The van der Waals surface area contributed by atoms with Crippen molar-refractivity contribution in [1.82, 2.24) is 39.8 Å². The summed E-state index contributed by atoms with van der Waals surface area (Å²) in [6.07, 6.45) is 11.9. The molecule has 4 aliphatic rings. The highest BCUT2D eigenvalue weighted by atomic mass is 19.1. The van der Waals surface area contributed by atoms with Gasteiger partial charge in [0.05, 0.1) is 59.5 Å². The molecule has 1 atom stereocenters. The molecule has 0 aliphatic carbocycles. The Morgan fingerprint density at radius 3 is 2.35 bits per heavy atom. The van der Waals surface area contributed by atoms with Crippen molar-refractivity contribution in [3.63, 3.8) is 0 Å². The van der Waals surface area contributed by atoms with Crippen LogP contribution < -0.4 is 10.6 Å². The molecule has 0 bridgehead atoms. The Labute approximate surface area is 357 Å². The number of para-hydroxylation sites is 1. The van der Waals surface area contributed by atoms with Crippen molar-refractivity contribution < 1.29 is 32.7 Å². The number of rotatable bonds is 14. The first-order valence-corrected chi connectivity index (χ1v) is 21.6. The molecular formula is C46H49F2N9O5. The molecule has 3 fully saturated rings. The topological polar surface area (TPSA) is 155 Å². The molecule has 2 aromatic heterocycles. The molecule has 3 aromatic carbocycles. The number of piperidine rings is 2. The standard InChI is InChI=1S/C46H49F2N9O5/c47-37-22-29(23-38(48)36(37)28-55-18-20-62-21-19-55)33-6-5-7-39-43(33)52-40(26-50-39)30-25-51-56(27-30)32-12-16-54(17-13-32)15-4-2-1-3-14-49-31-8-9-34-35(24-31)46(61)57(45(34)60)41-10-11-42(58)53-44(41)59/h5-9,22-27,32,41,49H,1-4,10-21,28H2,(H,53,58,59). The predicted molar refractivity (Wildman–Crippen MR) is 227 cm³/mol. The molecule has 4 aliphatic heterocycles. The average Bonchev–Trinajstić information content (AvgIpc) is 3.87. The predicted octanol–water partition coefficient (Wildman–Crippen LogP) is 5.98. The first kappa shape index (κ1) is 41.4. The van der Waals surface area contributed by atoms with E-state index in [0.717, 1.165) is 80.9 Å². The average molecular weight is 846 g/mol. The molecule has 16 heteroatoms. The van der Waals surface area contributed by atoms with Crippen molar-refractivity contribution in [1.29, 1.82) is 0 Å². The van der Waals surface area contributed by atoms with E-state index < -0.39 is 41.3 Å². The molecule has 62 heavy (non-hydrogen) atoms. The third-order valence-corrected chi connectivity index (χ3v) is 12.5. The lowest BCUT2D eigenvalue weighted by Crippen LogP contribution is -2.54. The van der Waals surface area contributed by atoms with Crippen LogP contribution >= 0.6 is 0 Å². The van der Waals surface area contributed by atoms with Crippen molar-refractivity contribution >= 4 is 40.3 Å². The van der Waals surface area contributed by atoms with Gasteiger partial charge in [0.1, 0.15) is 17.7 Å². The molecular weight excluding hydrogens is 797 g/mol. The van der Waals surface area contributed by atoms with E-state index in [-0.39, 0.29) is 42.1 Å². The first-order valence-electron chi connectivity index (χ1n) is 21.6. The van der Waals surface area contributed by atoms with Crippen molar-refractivity contribution in [3.8, 4) is 22.4 Å². The number of nitrogens with zero attached hydrogens (tertiary/aromatic N) is 7. The number of likely N-dealkylation sites (tertiary alicyclic amines) is 1. The number of nitrogens with one attached hydrogen (secondary N) is 2. The number of morpholine rings is 1. The highest BCUT2D eigenvalue weighted by Gasteiger charge is 2.44. The van der Waals surface area contributed by atoms with Gasteiger partial charge in [-0.15, -0.1) is 0 Å². The van der Waals surface area contributed by atoms with Gasteiger partial charge in [-0.1, -0.05) is 25.0 Å². The fourth-order valence-corrected chi connectivity index (χ4v) is 9.00. The van der Waals surface area contributed by atoms with E-state index in [4.69, 9.17) is 14.8 Å². The first-order chi connectivity index (χ1) is 30.2. The third kappa shape index (κ3) is 8.72. The smallest absolute Gasteiger partial charge is 0.262 e. The maximum absolute atomic E-state index is 15.4. The monoisotopic (exact) mass is 845 g/mol. The summed E-state index contributed by atoms with van der Waals surface area (Å²) < 4.78 is 38.2. The number of halogens is 2. The van der Waals surface area contributed by atoms with Crippen molar-refractivity contribution in [2.24, 2.45) is 0 Å². The lowest BCUT2D eigenvalue weighted by molar-refractivity contribution is -0.136. The highest BCUT2D eigenvalue weighted by Crippen LogP contribution is 2.33. The van der Waals surface area contributed by atoms with Gasteiger partial charge in [0.25, 0.3) is 11.8 Å². The number of hydrogen-bond acceptors (Lipinski definition) is 11. The molecule has 1 unspecified atom stereocenters. The van der Waals surface area contributed by atoms with Crippen molar-refractivity contribution in [2.45, 2.75) is 70.0 Å². The molecule has 0 saturated carbocycles. The summed E-state index contributed by atoms with van der Waals surface area (Å²) in [6, 6.07) is 12.6. The molecule has 0 radical (unpaired) electrons. The molecule has 14 nitrogen and oxygen atoms in total. The molecule has 3 saturated heterocycles. The second kappa shape index (κ2) is 18.2. The zero-order valence-corrected chi connectivity index (χ0v) is 34.5. The van der Waals surface area contributed by atoms with E-state index in [9.17, 15) is 19.2 Å². The van der Waals surface area contributed by atoms with Gasteiger partial charge in [-0.25, -0.2) is 13.8 Å². The van der Waals surface area contributed by atoms with Crippen LogP contribution in [0.2, 0.25) is 0 Å². The molecule has 2 N–H and O–H groups in total. The van der Waals surface area contributed by atoms with Crippen LogP contribution in [0.5, 0.6) is 0 Å². The van der Waals surface area contributed by atoms with Gasteiger partial charge in [-0.2, -0.15) is 5.10 Å². The van der Waals surface area contributed by atoms with Crippen LogP contribution in [0.1, 0.15) is 83.7 Å². The van der Waals surface area contributed by atoms with Crippen LogP contribution in [0.4, 0.5) is 14.5 Å². The van der Waals surface area contributed by atoms with E-state index in [1.165, 1.54) is 12.1 Å². The maximum atomic E-state index is 15.4. The van der Waals surface area contributed by atoms with E-state index in [2.05, 4.69) is 20.5 Å². The zero-order valence-electron chi connectivity index (χ0n) is 34.5. The Balaban J connectivity index is 0.725. The van der Waals surface area contributed by atoms with E-state index in [1.54, 1.807) is 24.4 Å². The van der Waals surface area contributed by atoms with Gasteiger partial charge in [-0.05, 0) is 80.6 Å². The number of imide groups is 2. The summed E-state index contributed by atoms with van der Waals surface area (Å²) in [5.74, 6) is -3.19. The molecule has 9 rings (SSSR count). The number of anilines is 1. The fourth-order valence-electron chi connectivity index (χ4n) is 9.00.